The molecule has 136 valence electrons. The van der Waals surface area contributed by atoms with E-state index in [9.17, 15) is 4.79 Å². The molecule has 2 atom stereocenters. The number of carbonyl (C=O) groups excluding carboxylic acids is 1. The summed E-state index contributed by atoms with van der Waals surface area (Å²) >= 11 is 5.82. The molecule has 1 aliphatic heterocycles. The Morgan fingerprint density at radius 1 is 1.35 bits per heavy atom. The number of pyridine rings is 1. The number of benzene rings is 1. The third-order valence-corrected chi connectivity index (χ3v) is 5.12. The molecule has 1 saturated carbocycles. The molecule has 1 aromatic carbocycles. The second kappa shape index (κ2) is 6.96. The van der Waals surface area contributed by atoms with Crippen LogP contribution in [0, 0.1) is 5.92 Å². The van der Waals surface area contributed by atoms with Crippen molar-refractivity contribution in [1.82, 2.24) is 10.3 Å². The normalized spacial score (nSPS) is 25.7. The molecule has 0 spiro atoms. The first kappa shape index (κ1) is 17.4. The number of rotatable bonds is 4. The van der Waals surface area contributed by atoms with Crippen LogP contribution >= 0.6 is 11.6 Å². The molecule has 2 unspecified atom stereocenters. The number of hydrogen-bond acceptors (Lipinski definition) is 5. The second-order valence-electron chi connectivity index (χ2n) is 6.85. The van der Waals surface area contributed by atoms with E-state index in [1.54, 1.807) is 12.1 Å². The molecule has 0 bridgehead atoms. The van der Waals surface area contributed by atoms with Crippen molar-refractivity contribution in [3.8, 4) is 0 Å². The van der Waals surface area contributed by atoms with E-state index in [-0.39, 0.29) is 12.1 Å². The number of ether oxygens (including phenoxy) is 1. The Bertz CT molecular complexity index is 809. The summed E-state index contributed by atoms with van der Waals surface area (Å²) in [7, 11) is 0. The van der Waals surface area contributed by atoms with E-state index in [4.69, 9.17) is 22.1 Å². The lowest BCUT2D eigenvalue weighted by molar-refractivity contribution is -0.133. The number of halogens is 1. The predicted octanol–water partition coefficient (Wildman–Crippen LogP) is 2.50. The third-order valence-electron chi connectivity index (χ3n) is 4.90. The zero-order chi connectivity index (χ0) is 18.1. The van der Waals surface area contributed by atoms with E-state index in [0.29, 0.717) is 28.9 Å². The van der Waals surface area contributed by atoms with Crippen molar-refractivity contribution >= 4 is 23.2 Å². The second-order valence-corrected chi connectivity index (χ2v) is 7.28. The summed E-state index contributed by atoms with van der Waals surface area (Å²) < 4.78 is 6.22. The maximum Gasteiger partial charge on any atom is 0.274 e. The number of morpholine rings is 1. The topological polar surface area (TPSA) is 89.3 Å². The van der Waals surface area contributed by atoms with Crippen LogP contribution in [0.3, 0.4) is 0 Å². The van der Waals surface area contributed by atoms with Gasteiger partial charge < -0.3 is 21.1 Å². The average Bonchev–Trinajstić information content (AvgIpc) is 3.48. The highest BCUT2D eigenvalue weighted by Gasteiger charge is 2.50. The number of nitrogens with zero attached hydrogens (tertiary/aromatic N) is 1. The van der Waals surface area contributed by atoms with Crippen LogP contribution in [0.1, 0.15) is 28.9 Å². The van der Waals surface area contributed by atoms with E-state index in [0.717, 1.165) is 24.9 Å². The SMILES string of the molecule is NC1CNCC(c2cccc(NC(=O)c3ccc(Cl)cn3)c2)(C2CC2)O1. The lowest BCUT2D eigenvalue weighted by Crippen LogP contribution is -2.56. The maximum absolute atomic E-state index is 12.4. The maximum atomic E-state index is 12.4. The fraction of sp³-hybridized carbons (Fsp3) is 0.368. The minimum atomic E-state index is -0.434. The number of anilines is 1. The van der Waals surface area contributed by atoms with Crippen molar-refractivity contribution in [1.29, 1.82) is 0 Å². The molecule has 2 heterocycles. The molecule has 7 heteroatoms. The molecule has 1 aliphatic carbocycles. The van der Waals surface area contributed by atoms with Gasteiger partial charge in [-0.15, -0.1) is 0 Å². The highest BCUT2D eigenvalue weighted by Crippen LogP contribution is 2.49. The first-order valence-electron chi connectivity index (χ1n) is 8.74. The van der Waals surface area contributed by atoms with E-state index in [1.807, 2.05) is 24.3 Å². The Labute approximate surface area is 157 Å². The Morgan fingerprint density at radius 2 is 2.19 bits per heavy atom. The van der Waals surface area contributed by atoms with Gasteiger partial charge in [0.1, 0.15) is 17.5 Å². The number of hydrogen-bond donors (Lipinski definition) is 3. The first-order chi connectivity index (χ1) is 12.6. The third kappa shape index (κ3) is 3.46. The van der Waals surface area contributed by atoms with Crippen LogP contribution in [0.15, 0.2) is 42.6 Å². The van der Waals surface area contributed by atoms with Crippen molar-refractivity contribution in [2.45, 2.75) is 24.7 Å². The van der Waals surface area contributed by atoms with Gasteiger partial charge in [-0.1, -0.05) is 23.7 Å². The van der Waals surface area contributed by atoms with E-state index in [1.165, 1.54) is 6.20 Å². The predicted molar refractivity (Wildman–Crippen MR) is 100.0 cm³/mol. The van der Waals surface area contributed by atoms with Gasteiger partial charge in [0, 0.05) is 25.0 Å². The van der Waals surface area contributed by atoms with Crippen LogP contribution < -0.4 is 16.4 Å². The van der Waals surface area contributed by atoms with Crippen molar-refractivity contribution < 1.29 is 9.53 Å². The Morgan fingerprint density at radius 3 is 2.88 bits per heavy atom. The molecule has 4 N–H and O–H groups in total. The van der Waals surface area contributed by atoms with Crippen LogP contribution in [0.2, 0.25) is 5.02 Å². The van der Waals surface area contributed by atoms with Crippen molar-refractivity contribution in [3.63, 3.8) is 0 Å². The molecule has 1 saturated heterocycles. The number of aromatic nitrogens is 1. The molecule has 4 rings (SSSR count). The van der Waals surface area contributed by atoms with Crippen molar-refractivity contribution in [2.24, 2.45) is 11.7 Å². The Kier molecular flexibility index (Phi) is 4.67. The Balaban J connectivity index is 1.58. The number of amides is 1. The molecular formula is C19H21ClN4O2. The molecule has 2 aliphatic rings. The summed E-state index contributed by atoms with van der Waals surface area (Å²) in [4.78, 5) is 16.5. The summed E-state index contributed by atoms with van der Waals surface area (Å²) in [5.74, 6) is 0.170. The first-order valence-corrected chi connectivity index (χ1v) is 9.12. The number of carbonyl (C=O) groups is 1. The van der Waals surface area contributed by atoms with Crippen molar-refractivity contribution in [3.05, 3.63) is 58.9 Å². The van der Waals surface area contributed by atoms with E-state index < -0.39 is 5.60 Å². The highest BCUT2D eigenvalue weighted by molar-refractivity contribution is 6.30. The lowest BCUT2D eigenvalue weighted by atomic mass is 9.87. The zero-order valence-corrected chi connectivity index (χ0v) is 15.0. The van der Waals surface area contributed by atoms with Crippen LogP contribution in [0.25, 0.3) is 0 Å². The molecule has 1 amide bonds. The highest BCUT2D eigenvalue weighted by atomic mass is 35.5. The Hall–Kier alpha value is -1.99. The van der Waals surface area contributed by atoms with Gasteiger partial charge in [-0.3, -0.25) is 4.79 Å². The van der Waals surface area contributed by atoms with Gasteiger partial charge in [0.25, 0.3) is 5.91 Å². The molecule has 0 radical (unpaired) electrons. The minimum absolute atomic E-state index is 0.279. The lowest BCUT2D eigenvalue weighted by Gasteiger charge is -2.41. The molecule has 2 fully saturated rings. The molecule has 6 nitrogen and oxygen atoms in total. The van der Waals surface area contributed by atoms with Gasteiger partial charge in [-0.2, -0.15) is 0 Å². The van der Waals surface area contributed by atoms with Gasteiger partial charge in [-0.25, -0.2) is 4.98 Å². The fourth-order valence-corrected chi connectivity index (χ4v) is 3.63. The van der Waals surface area contributed by atoms with E-state index in [2.05, 4.69) is 15.6 Å². The van der Waals surface area contributed by atoms with Crippen LogP contribution in [0.5, 0.6) is 0 Å². The number of nitrogens with one attached hydrogen (secondary N) is 2. The summed E-state index contributed by atoms with van der Waals surface area (Å²) in [6.45, 7) is 1.37. The van der Waals surface area contributed by atoms with Gasteiger partial charge in [0.2, 0.25) is 0 Å². The van der Waals surface area contributed by atoms with Gasteiger partial charge in [0.15, 0.2) is 0 Å². The smallest absolute Gasteiger partial charge is 0.274 e. The monoisotopic (exact) mass is 372 g/mol. The van der Waals surface area contributed by atoms with E-state index >= 15 is 0 Å². The molecule has 2 aromatic rings. The summed E-state index contributed by atoms with van der Waals surface area (Å²) in [6, 6.07) is 11.0. The van der Waals surface area contributed by atoms with Crippen molar-refractivity contribution in [2.75, 3.05) is 18.4 Å². The minimum Gasteiger partial charge on any atom is -0.349 e. The average molecular weight is 373 g/mol. The largest absolute Gasteiger partial charge is 0.349 e. The molecular weight excluding hydrogens is 352 g/mol. The number of nitrogens with two attached hydrogens (primary N) is 1. The van der Waals surface area contributed by atoms with Crippen LogP contribution in [-0.4, -0.2) is 30.2 Å². The summed E-state index contributed by atoms with van der Waals surface area (Å²) in [6.07, 6.45) is 3.37. The van der Waals surface area contributed by atoms with Crippen LogP contribution in [-0.2, 0) is 10.3 Å². The van der Waals surface area contributed by atoms with Gasteiger partial charge in [0.05, 0.1) is 5.02 Å². The molecule has 26 heavy (non-hydrogen) atoms. The van der Waals surface area contributed by atoms with Gasteiger partial charge >= 0.3 is 0 Å². The summed E-state index contributed by atoms with van der Waals surface area (Å²) in [5.41, 5.74) is 7.66. The van der Waals surface area contributed by atoms with Gasteiger partial charge in [-0.05, 0) is 48.6 Å². The zero-order valence-electron chi connectivity index (χ0n) is 14.2. The van der Waals surface area contributed by atoms with Crippen LogP contribution in [0.4, 0.5) is 5.69 Å². The quantitative estimate of drug-likeness (QED) is 0.767. The fourth-order valence-electron chi connectivity index (χ4n) is 3.52. The summed E-state index contributed by atoms with van der Waals surface area (Å²) in [5, 5.41) is 6.76. The standard InChI is InChI=1S/C19H21ClN4O2/c20-14-6-7-16(23-9-14)18(25)24-15-3-1-2-13(8-15)19(12-4-5-12)11-22-10-17(21)26-19/h1-3,6-9,12,17,22H,4-5,10-11,21H2,(H,24,25). The molecule has 1 aromatic heterocycles.